The van der Waals surface area contributed by atoms with Crippen LogP contribution >= 0.6 is 11.3 Å². The van der Waals surface area contributed by atoms with Crippen molar-refractivity contribution in [2.75, 3.05) is 6.61 Å². The average molecular weight is 601 g/mol. The van der Waals surface area contributed by atoms with E-state index in [9.17, 15) is 9.90 Å². The van der Waals surface area contributed by atoms with Gasteiger partial charge < -0.3 is 24.6 Å². The normalized spacial score (nSPS) is 27.2. The van der Waals surface area contributed by atoms with Crippen LogP contribution < -0.4 is 5.32 Å². The molecule has 2 aliphatic heterocycles. The molecule has 3 aromatic heterocycles. The van der Waals surface area contributed by atoms with E-state index in [1.165, 1.54) is 11.0 Å². The molecule has 2 aromatic carbocycles. The summed E-state index contributed by atoms with van der Waals surface area (Å²) in [6.45, 7) is 2.17. The highest BCUT2D eigenvalue weighted by molar-refractivity contribution is 7.18. The van der Waals surface area contributed by atoms with Gasteiger partial charge in [-0.2, -0.15) is 5.10 Å². The lowest BCUT2D eigenvalue weighted by Crippen LogP contribution is -2.57. The molecule has 5 aromatic rings. The summed E-state index contributed by atoms with van der Waals surface area (Å²) in [5, 5.41) is 28.8. The molecule has 43 heavy (non-hydrogen) atoms. The molecule has 220 valence electrons. The Hall–Kier alpha value is -4.08. The van der Waals surface area contributed by atoms with Crippen molar-refractivity contribution in [1.29, 1.82) is 0 Å². The number of aliphatic hydroxyl groups excluding tert-OH is 1. The fourth-order valence-electron chi connectivity index (χ4n) is 5.73. The molecule has 1 unspecified atom stereocenters. The molecule has 1 aliphatic carbocycles. The van der Waals surface area contributed by atoms with E-state index < -0.39 is 36.7 Å². The van der Waals surface area contributed by atoms with Gasteiger partial charge in [0.15, 0.2) is 17.8 Å². The fraction of sp³-hybridized carbons (Fsp3) is 0.379. The number of aryl methyl sites for hydroxylation is 1. The van der Waals surface area contributed by atoms with Gasteiger partial charge in [-0.25, -0.2) is 19.3 Å². The van der Waals surface area contributed by atoms with E-state index in [0.29, 0.717) is 5.82 Å². The molecular weight excluding hydrogens is 572 g/mol. The number of nitrogens with one attached hydrogen (secondary N) is 1. The molecule has 8 rings (SSSR count). The third-order valence-corrected chi connectivity index (χ3v) is 8.90. The van der Waals surface area contributed by atoms with Crippen LogP contribution in [0.4, 0.5) is 0 Å². The second kappa shape index (κ2) is 10.6. The molecule has 1 amide bonds. The number of amides is 1. The summed E-state index contributed by atoms with van der Waals surface area (Å²) in [6.07, 6.45) is 0.869. The van der Waals surface area contributed by atoms with Crippen LogP contribution in [0.5, 0.6) is 0 Å². The lowest BCUT2D eigenvalue weighted by molar-refractivity contribution is -0.319. The Morgan fingerprint density at radius 2 is 2.00 bits per heavy atom. The minimum Gasteiger partial charge on any atom is -0.388 e. The molecular formula is C29H28N8O5S. The van der Waals surface area contributed by atoms with E-state index in [1.54, 1.807) is 22.2 Å². The zero-order chi connectivity index (χ0) is 29.1. The maximum atomic E-state index is 12.7. The number of hydrogen-bond acceptors (Lipinski definition) is 11. The fourth-order valence-corrected chi connectivity index (χ4v) is 6.59. The van der Waals surface area contributed by atoms with Gasteiger partial charge in [-0.3, -0.25) is 4.79 Å². The number of nitrogens with zero attached hydrogens (tertiary/aromatic N) is 7. The first-order valence-electron chi connectivity index (χ1n) is 14.2. The predicted octanol–water partition coefficient (Wildman–Crippen LogP) is 2.83. The zero-order valence-corrected chi connectivity index (χ0v) is 23.9. The van der Waals surface area contributed by atoms with Crippen LogP contribution in [0.25, 0.3) is 15.9 Å². The Morgan fingerprint density at radius 1 is 1.14 bits per heavy atom. The SMILES string of the molecule is Cc1nc2ccc(-n3ncnc3[C@@H]3O[C@@H]4COC(c5ccccc5)O[C@@H]4[C@H](n4cc(C(=O)NC5CC5)nn4)[C@H]3O)cc2s1. The Labute approximate surface area is 249 Å². The van der Waals surface area contributed by atoms with Crippen LogP contribution in [-0.2, 0) is 14.2 Å². The van der Waals surface area contributed by atoms with Crippen molar-refractivity contribution in [3.05, 3.63) is 83.1 Å². The highest BCUT2D eigenvalue weighted by atomic mass is 32.1. The summed E-state index contributed by atoms with van der Waals surface area (Å²) in [5.74, 6) is 0.112. The topological polar surface area (TPSA) is 151 Å². The van der Waals surface area contributed by atoms with Gasteiger partial charge in [-0.15, -0.1) is 16.4 Å². The largest absolute Gasteiger partial charge is 0.388 e. The number of fused-ring (bicyclic) bond motifs is 2. The lowest BCUT2D eigenvalue weighted by atomic mass is 9.91. The number of benzene rings is 2. The maximum Gasteiger partial charge on any atom is 0.273 e. The monoisotopic (exact) mass is 600 g/mol. The molecule has 3 aliphatic rings. The second-order valence-electron chi connectivity index (χ2n) is 11.0. The van der Waals surface area contributed by atoms with Gasteiger partial charge in [0.25, 0.3) is 5.91 Å². The van der Waals surface area contributed by atoms with Gasteiger partial charge in [0.2, 0.25) is 0 Å². The van der Waals surface area contributed by atoms with Gasteiger partial charge in [-0.1, -0.05) is 35.5 Å². The van der Waals surface area contributed by atoms with E-state index in [1.807, 2.05) is 55.5 Å². The van der Waals surface area contributed by atoms with E-state index >= 15 is 0 Å². The maximum absolute atomic E-state index is 12.7. The molecule has 2 N–H and O–H groups in total. The molecule has 0 bridgehead atoms. The first-order valence-corrected chi connectivity index (χ1v) is 15.0. The van der Waals surface area contributed by atoms with Gasteiger partial charge >= 0.3 is 0 Å². The van der Waals surface area contributed by atoms with Crippen molar-refractivity contribution in [2.45, 2.75) is 62.6 Å². The van der Waals surface area contributed by atoms with Gasteiger partial charge in [0, 0.05) is 11.6 Å². The van der Waals surface area contributed by atoms with Crippen molar-refractivity contribution < 1.29 is 24.1 Å². The third-order valence-electron chi connectivity index (χ3n) is 7.96. The van der Waals surface area contributed by atoms with Crippen LogP contribution in [0.2, 0.25) is 0 Å². The Balaban J connectivity index is 1.15. The van der Waals surface area contributed by atoms with Crippen LogP contribution in [0.3, 0.4) is 0 Å². The number of aliphatic hydroxyl groups is 1. The van der Waals surface area contributed by atoms with Crippen molar-refractivity contribution in [1.82, 2.24) is 40.1 Å². The van der Waals surface area contributed by atoms with Crippen LogP contribution in [0.15, 0.2) is 61.1 Å². The summed E-state index contributed by atoms with van der Waals surface area (Å²) in [6, 6.07) is 14.8. The minimum atomic E-state index is -1.19. The number of ether oxygens (including phenoxy) is 3. The number of carbonyl (C=O) groups is 1. The molecule has 14 heteroatoms. The van der Waals surface area contributed by atoms with Crippen molar-refractivity contribution in [2.24, 2.45) is 0 Å². The molecule has 0 spiro atoms. The summed E-state index contributed by atoms with van der Waals surface area (Å²) in [7, 11) is 0. The van der Waals surface area contributed by atoms with Crippen molar-refractivity contribution >= 4 is 27.5 Å². The predicted molar refractivity (Wildman–Crippen MR) is 152 cm³/mol. The van der Waals surface area contributed by atoms with Crippen molar-refractivity contribution in [3.63, 3.8) is 0 Å². The van der Waals surface area contributed by atoms with Gasteiger partial charge in [-0.05, 0) is 38.0 Å². The smallest absolute Gasteiger partial charge is 0.273 e. The third kappa shape index (κ3) is 4.90. The molecule has 5 heterocycles. The number of hydrogen-bond donors (Lipinski definition) is 2. The van der Waals surface area contributed by atoms with Gasteiger partial charge in [0.05, 0.1) is 33.7 Å². The van der Waals surface area contributed by atoms with Crippen LogP contribution in [-0.4, -0.2) is 76.7 Å². The first-order chi connectivity index (χ1) is 21.0. The molecule has 3 fully saturated rings. The molecule has 2 saturated heterocycles. The van der Waals surface area contributed by atoms with E-state index in [2.05, 4.69) is 30.7 Å². The first kappa shape index (κ1) is 26.5. The molecule has 0 radical (unpaired) electrons. The van der Waals surface area contributed by atoms with E-state index in [4.69, 9.17) is 14.2 Å². The van der Waals surface area contributed by atoms with Crippen molar-refractivity contribution in [3.8, 4) is 5.69 Å². The average Bonchev–Trinajstić information content (AvgIpc) is 3.37. The highest BCUT2D eigenvalue weighted by Crippen LogP contribution is 2.43. The standard InChI is InChI=1S/C29H28N8O5S/c1-15-32-19-10-9-18(11-22(19)43-15)37-27(30-14-31-37)26-24(38)23(36-12-20(34-35-36)28(39)33-17-7-8-17)25-21(41-26)13-40-29(42-25)16-5-3-2-4-6-16/h2-6,9-12,14,17,21,23-26,29,38H,7-8,13H2,1H3,(H,33,39)/t21-,23-,24-,25+,26-,29?/m1/s1. The Kier molecular flexibility index (Phi) is 6.53. The van der Waals surface area contributed by atoms with Crippen LogP contribution in [0.1, 0.15) is 58.2 Å². The molecule has 13 nitrogen and oxygen atoms in total. The summed E-state index contributed by atoms with van der Waals surface area (Å²) in [4.78, 5) is 21.8. The number of thiazole rings is 1. The number of aromatic nitrogens is 7. The number of carbonyl (C=O) groups excluding carboxylic acids is 1. The quantitative estimate of drug-likeness (QED) is 0.298. The zero-order valence-electron chi connectivity index (χ0n) is 23.1. The number of rotatable bonds is 6. The van der Waals surface area contributed by atoms with E-state index in [-0.39, 0.29) is 24.2 Å². The highest BCUT2D eigenvalue weighted by Gasteiger charge is 2.52. The summed E-state index contributed by atoms with van der Waals surface area (Å²) in [5.41, 5.74) is 2.68. The second-order valence-corrected chi connectivity index (χ2v) is 12.2. The van der Waals surface area contributed by atoms with Gasteiger partial charge in [0.1, 0.15) is 36.8 Å². The lowest BCUT2D eigenvalue weighted by Gasteiger charge is -2.47. The summed E-state index contributed by atoms with van der Waals surface area (Å²) < 4.78 is 23.2. The Morgan fingerprint density at radius 3 is 2.84 bits per heavy atom. The summed E-state index contributed by atoms with van der Waals surface area (Å²) >= 11 is 1.59. The minimum absolute atomic E-state index is 0.168. The molecule has 1 saturated carbocycles. The van der Waals surface area contributed by atoms with E-state index in [0.717, 1.165) is 39.3 Å². The van der Waals surface area contributed by atoms with Crippen LogP contribution in [0, 0.1) is 6.92 Å². The molecule has 6 atom stereocenters. The Bertz CT molecular complexity index is 1790.